The van der Waals surface area contributed by atoms with Crippen LogP contribution in [0.25, 0.3) is 0 Å². The highest BCUT2D eigenvalue weighted by Gasteiger charge is 2.14. The first-order chi connectivity index (χ1) is 14.2. The van der Waals surface area contributed by atoms with Crippen LogP contribution in [0.2, 0.25) is 0 Å². The van der Waals surface area contributed by atoms with E-state index in [0.717, 1.165) is 5.56 Å². The Morgan fingerprint density at radius 3 is 2.27 bits per heavy atom. The molecule has 0 unspecified atom stereocenters. The minimum absolute atomic E-state index is 0.0421. The number of benzene rings is 2. The average Bonchev–Trinajstić information content (AvgIpc) is 2.72. The highest BCUT2D eigenvalue weighted by atomic mass is 16.5. The van der Waals surface area contributed by atoms with Gasteiger partial charge in [-0.05, 0) is 47.7 Å². The maximum absolute atomic E-state index is 12.3. The van der Waals surface area contributed by atoms with E-state index in [-0.39, 0.29) is 30.2 Å². The molecule has 0 radical (unpaired) electrons. The van der Waals surface area contributed by atoms with Gasteiger partial charge in [-0.1, -0.05) is 39.0 Å². The number of methoxy groups -OCH3 is 1. The third kappa shape index (κ3) is 6.79. The number of hydrogen-bond donors (Lipinski definition) is 2. The molecular formula is C24H32N2O4. The second-order valence-corrected chi connectivity index (χ2v) is 8.03. The van der Waals surface area contributed by atoms with Crippen LogP contribution in [-0.2, 0) is 16.8 Å². The largest absolute Gasteiger partial charge is 0.493 e. The highest BCUT2D eigenvalue weighted by Crippen LogP contribution is 2.28. The van der Waals surface area contributed by atoms with Crippen molar-refractivity contribution < 1.29 is 19.1 Å². The molecule has 162 valence electrons. The minimum atomic E-state index is -0.181. The number of rotatable bonds is 9. The molecule has 0 atom stereocenters. The van der Waals surface area contributed by atoms with Gasteiger partial charge in [0.05, 0.1) is 13.7 Å². The zero-order chi connectivity index (χ0) is 22.1. The predicted octanol–water partition coefficient (Wildman–Crippen LogP) is 3.83. The van der Waals surface area contributed by atoms with Crippen LogP contribution in [0.15, 0.2) is 42.5 Å². The van der Waals surface area contributed by atoms with Gasteiger partial charge in [0.25, 0.3) is 5.91 Å². The first kappa shape index (κ1) is 23.3. The fraction of sp³-hybridized carbons (Fsp3) is 0.417. The Kier molecular flexibility index (Phi) is 8.27. The van der Waals surface area contributed by atoms with Gasteiger partial charge in [-0.3, -0.25) is 9.59 Å². The van der Waals surface area contributed by atoms with Crippen molar-refractivity contribution >= 4 is 11.8 Å². The molecule has 2 aromatic rings. The van der Waals surface area contributed by atoms with Gasteiger partial charge in [-0.2, -0.15) is 0 Å². The molecule has 0 spiro atoms. The number of carbonyl (C=O) groups is 2. The van der Waals surface area contributed by atoms with Crippen LogP contribution in [0.1, 0.15) is 55.6 Å². The lowest BCUT2D eigenvalue weighted by Gasteiger charge is -2.19. The van der Waals surface area contributed by atoms with Crippen molar-refractivity contribution in [2.75, 3.05) is 20.3 Å². The molecule has 0 aromatic heterocycles. The fourth-order valence-electron chi connectivity index (χ4n) is 2.90. The summed E-state index contributed by atoms with van der Waals surface area (Å²) >= 11 is 0. The van der Waals surface area contributed by atoms with Crippen molar-refractivity contribution in [3.05, 3.63) is 59.2 Å². The fourth-order valence-corrected chi connectivity index (χ4v) is 2.90. The monoisotopic (exact) mass is 412 g/mol. The minimum Gasteiger partial charge on any atom is -0.493 e. The summed E-state index contributed by atoms with van der Waals surface area (Å²) in [5, 5.41) is 5.64. The van der Waals surface area contributed by atoms with E-state index in [4.69, 9.17) is 9.47 Å². The van der Waals surface area contributed by atoms with E-state index in [1.807, 2.05) is 49.4 Å². The lowest BCUT2D eigenvalue weighted by Crippen LogP contribution is -2.30. The smallest absolute Gasteiger partial charge is 0.251 e. The Morgan fingerprint density at radius 2 is 1.67 bits per heavy atom. The lowest BCUT2D eigenvalue weighted by atomic mass is 9.87. The van der Waals surface area contributed by atoms with Crippen molar-refractivity contribution in [2.45, 2.75) is 46.1 Å². The maximum Gasteiger partial charge on any atom is 0.251 e. The van der Waals surface area contributed by atoms with E-state index >= 15 is 0 Å². The van der Waals surface area contributed by atoms with Crippen LogP contribution >= 0.6 is 0 Å². The number of ether oxygens (including phenoxy) is 2. The van der Waals surface area contributed by atoms with Gasteiger partial charge in [0.1, 0.15) is 0 Å². The van der Waals surface area contributed by atoms with Crippen molar-refractivity contribution in [3.8, 4) is 11.5 Å². The molecule has 0 bridgehead atoms. The summed E-state index contributed by atoms with van der Waals surface area (Å²) in [4.78, 5) is 24.3. The average molecular weight is 413 g/mol. The molecule has 30 heavy (non-hydrogen) atoms. The summed E-state index contributed by atoms with van der Waals surface area (Å²) < 4.78 is 10.8. The summed E-state index contributed by atoms with van der Waals surface area (Å²) in [5.74, 6) is 0.993. The number of nitrogens with one attached hydrogen (secondary N) is 2. The Bertz CT molecular complexity index is 854. The zero-order valence-electron chi connectivity index (χ0n) is 18.5. The molecule has 6 heteroatoms. The Labute approximate surface area is 179 Å². The van der Waals surface area contributed by atoms with E-state index < -0.39 is 0 Å². The number of amides is 2. The summed E-state index contributed by atoms with van der Waals surface area (Å²) in [5.41, 5.74) is 2.71. The second-order valence-electron chi connectivity index (χ2n) is 8.03. The van der Waals surface area contributed by atoms with Gasteiger partial charge in [0.2, 0.25) is 5.91 Å². The second kappa shape index (κ2) is 10.7. The summed E-state index contributed by atoms with van der Waals surface area (Å²) in [6.07, 6.45) is 0.208. The Hall–Kier alpha value is -3.02. The Balaban J connectivity index is 1.77. The van der Waals surface area contributed by atoms with E-state index in [0.29, 0.717) is 30.2 Å². The topological polar surface area (TPSA) is 76.7 Å². The van der Waals surface area contributed by atoms with Gasteiger partial charge in [0.15, 0.2) is 11.5 Å². The SMILES string of the molecule is CCOc1ccc(CNC(=O)CCNC(=O)c2ccc(C(C)(C)C)cc2)cc1OC. The highest BCUT2D eigenvalue weighted by molar-refractivity contribution is 5.94. The zero-order valence-corrected chi connectivity index (χ0v) is 18.5. The normalized spacial score (nSPS) is 11.0. The van der Waals surface area contributed by atoms with Crippen LogP contribution in [0.3, 0.4) is 0 Å². The molecule has 0 fully saturated rings. The molecule has 2 rings (SSSR count). The van der Waals surface area contributed by atoms with Crippen LogP contribution < -0.4 is 20.1 Å². The van der Waals surface area contributed by atoms with E-state index in [9.17, 15) is 9.59 Å². The molecule has 2 N–H and O–H groups in total. The number of carbonyl (C=O) groups excluding carboxylic acids is 2. The van der Waals surface area contributed by atoms with Crippen molar-refractivity contribution in [1.29, 1.82) is 0 Å². The molecule has 0 aliphatic rings. The molecule has 0 saturated carbocycles. The summed E-state index contributed by atoms with van der Waals surface area (Å²) in [6, 6.07) is 13.1. The van der Waals surface area contributed by atoms with E-state index in [2.05, 4.69) is 31.4 Å². The van der Waals surface area contributed by atoms with Crippen molar-refractivity contribution in [3.63, 3.8) is 0 Å². The Morgan fingerprint density at radius 1 is 0.967 bits per heavy atom. The standard InChI is InChI=1S/C24H32N2O4/c1-6-30-20-12-7-17(15-21(20)29-5)16-26-22(27)13-14-25-23(28)18-8-10-19(11-9-18)24(2,3)4/h7-12,15H,6,13-14,16H2,1-5H3,(H,25,28)(H,26,27). The predicted molar refractivity (Wildman–Crippen MR) is 118 cm³/mol. The van der Waals surface area contributed by atoms with Crippen LogP contribution in [0, 0.1) is 0 Å². The molecule has 2 aromatic carbocycles. The molecule has 0 heterocycles. The van der Waals surface area contributed by atoms with Crippen LogP contribution in [0.4, 0.5) is 0 Å². The summed E-state index contributed by atoms with van der Waals surface area (Å²) in [7, 11) is 1.58. The molecular weight excluding hydrogens is 380 g/mol. The molecule has 2 amide bonds. The van der Waals surface area contributed by atoms with E-state index in [1.165, 1.54) is 5.56 Å². The van der Waals surface area contributed by atoms with Gasteiger partial charge in [-0.25, -0.2) is 0 Å². The van der Waals surface area contributed by atoms with Crippen LogP contribution in [0.5, 0.6) is 11.5 Å². The van der Waals surface area contributed by atoms with Crippen molar-refractivity contribution in [1.82, 2.24) is 10.6 Å². The third-order valence-corrected chi connectivity index (χ3v) is 4.67. The summed E-state index contributed by atoms with van der Waals surface area (Å²) in [6.45, 7) is 9.51. The lowest BCUT2D eigenvalue weighted by molar-refractivity contribution is -0.121. The van der Waals surface area contributed by atoms with E-state index in [1.54, 1.807) is 7.11 Å². The molecule has 0 aliphatic heterocycles. The first-order valence-corrected chi connectivity index (χ1v) is 10.2. The first-order valence-electron chi connectivity index (χ1n) is 10.2. The van der Waals surface area contributed by atoms with Gasteiger partial charge in [-0.15, -0.1) is 0 Å². The van der Waals surface area contributed by atoms with Gasteiger partial charge < -0.3 is 20.1 Å². The molecule has 0 saturated heterocycles. The maximum atomic E-state index is 12.3. The number of hydrogen-bond acceptors (Lipinski definition) is 4. The molecule has 0 aliphatic carbocycles. The van der Waals surface area contributed by atoms with Crippen molar-refractivity contribution in [2.24, 2.45) is 0 Å². The molecule has 6 nitrogen and oxygen atoms in total. The van der Waals surface area contributed by atoms with Gasteiger partial charge in [0, 0.05) is 25.1 Å². The third-order valence-electron chi connectivity index (χ3n) is 4.67. The van der Waals surface area contributed by atoms with Gasteiger partial charge >= 0.3 is 0 Å². The van der Waals surface area contributed by atoms with Crippen LogP contribution in [-0.4, -0.2) is 32.1 Å². The quantitative estimate of drug-likeness (QED) is 0.656.